The molecule has 64 valence electrons. The number of aliphatic carboxylic acids is 1. The molecule has 3 atom stereocenters. The van der Waals surface area contributed by atoms with E-state index in [0.717, 1.165) is 0 Å². The Morgan fingerprint density at radius 3 is 2.00 bits per heavy atom. The molecule has 0 aliphatic carbocycles. The van der Waals surface area contributed by atoms with Gasteiger partial charge >= 0.3 is 5.97 Å². The summed E-state index contributed by atoms with van der Waals surface area (Å²) in [5.41, 5.74) is 0. The summed E-state index contributed by atoms with van der Waals surface area (Å²) >= 11 is 0. The number of carboxylic acids is 1. The molecule has 0 heterocycles. The summed E-state index contributed by atoms with van der Waals surface area (Å²) in [6, 6.07) is 0. The largest absolute Gasteiger partial charge is 0.479 e. The van der Waals surface area contributed by atoms with Crippen molar-refractivity contribution in [3.8, 4) is 0 Å². The minimum absolute atomic E-state index is 0.0587. The maximum absolute atomic E-state index is 9.92. The molecule has 0 bridgehead atoms. The SMILES string of the molecule is O=C[C@@H](O)[C@H](O)[C@@H](O)C(=O)O. The summed E-state index contributed by atoms with van der Waals surface area (Å²) in [5.74, 6) is -1.70. The summed E-state index contributed by atoms with van der Waals surface area (Å²) in [7, 11) is 0. The third-order valence-corrected chi connectivity index (χ3v) is 1.07. The molecule has 0 unspecified atom stereocenters. The van der Waals surface area contributed by atoms with Crippen molar-refractivity contribution in [2.75, 3.05) is 0 Å². The third-order valence-electron chi connectivity index (χ3n) is 1.07. The van der Waals surface area contributed by atoms with Gasteiger partial charge in [-0.1, -0.05) is 0 Å². The van der Waals surface area contributed by atoms with Crippen LogP contribution in [0.25, 0.3) is 0 Å². The molecule has 11 heavy (non-hydrogen) atoms. The highest BCUT2D eigenvalue weighted by atomic mass is 16.4. The van der Waals surface area contributed by atoms with Crippen molar-refractivity contribution < 1.29 is 30.0 Å². The molecule has 0 saturated heterocycles. The summed E-state index contributed by atoms with van der Waals surface area (Å²) < 4.78 is 0. The molecule has 0 spiro atoms. The van der Waals surface area contributed by atoms with Gasteiger partial charge in [-0.2, -0.15) is 0 Å². The molecule has 0 fully saturated rings. The first-order valence-electron chi connectivity index (χ1n) is 2.73. The molecular weight excluding hydrogens is 156 g/mol. The average molecular weight is 164 g/mol. The number of carboxylic acid groups (broad SMARTS) is 1. The Bertz CT molecular complexity index is 155. The molecule has 0 saturated carbocycles. The lowest BCUT2D eigenvalue weighted by atomic mass is 10.1. The number of hydrogen-bond donors (Lipinski definition) is 4. The zero-order valence-electron chi connectivity index (χ0n) is 5.41. The van der Waals surface area contributed by atoms with Crippen LogP contribution in [0.1, 0.15) is 0 Å². The standard InChI is InChI=1S/C5H8O6/c6-1-2(7)3(8)4(9)5(10)11/h1-4,7-9H,(H,10,11)/t2-,3+,4-/m1/s1. The molecule has 0 rings (SSSR count). The molecule has 0 aromatic rings. The zero-order chi connectivity index (χ0) is 9.02. The molecule has 0 amide bonds. The number of rotatable bonds is 4. The smallest absolute Gasteiger partial charge is 0.335 e. The second-order valence-corrected chi connectivity index (χ2v) is 1.90. The number of aliphatic hydroxyl groups excluding tert-OH is 3. The first-order chi connectivity index (χ1) is 5.00. The lowest BCUT2D eigenvalue weighted by Crippen LogP contribution is -2.42. The minimum Gasteiger partial charge on any atom is -0.479 e. The van der Waals surface area contributed by atoms with E-state index in [-0.39, 0.29) is 6.29 Å². The Balaban J connectivity index is 4.11. The normalized spacial score (nSPS) is 18.5. The van der Waals surface area contributed by atoms with Crippen LogP contribution in [0.5, 0.6) is 0 Å². The van der Waals surface area contributed by atoms with Crippen LogP contribution in [0.15, 0.2) is 0 Å². The van der Waals surface area contributed by atoms with Gasteiger partial charge in [-0.05, 0) is 0 Å². The van der Waals surface area contributed by atoms with E-state index in [1.165, 1.54) is 0 Å². The minimum atomic E-state index is -2.14. The Morgan fingerprint density at radius 2 is 1.73 bits per heavy atom. The predicted molar refractivity (Wildman–Crippen MR) is 31.7 cm³/mol. The quantitative estimate of drug-likeness (QED) is 0.337. The summed E-state index contributed by atoms with van der Waals surface area (Å²) in [6.07, 6.45) is -6.06. The van der Waals surface area contributed by atoms with E-state index in [2.05, 4.69) is 0 Å². The van der Waals surface area contributed by atoms with E-state index in [1.807, 2.05) is 0 Å². The average Bonchev–Trinajstić information content (AvgIpc) is 2.00. The highest BCUT2D eigenvalue weighted by Gasteiger charge is 2.29. The van der Waals surface area contributed by atoms with Crippen LogP contribution in [-0.2, 0) is 9.59 Å². The monoisotopic (exact) mass is 164 g/mol. The van der Waals surface area contributed by atoms with Crippen molar-refractivity contribution in [2.45, 2.75) is 18.3 Å². The summed E-state index contributed by atoms with van der Waals surface area (Å²) in [6.45, 7) is 0. The van der Waals surface area contributed by atoms with Crippen LogP contribution < -0.4 is 0 Å². The van der Waals surface area contributed by atoms with Crippen molar-refractivity contribution in [1.29, 1.82) is 0 Å². The number of aliphatic hydroxyl groups is 3. The Morgan fingerprint density at radius 1 is 1.27 bits per heavy atom. The fourth-order valence-corrected chi connectivity index (χ4v) is 0.413. The molecule has 4 N–H and O–H groups in total. The van der Waals surface area contributed by atoms with Gasteiger partial charge in [-0.3, -0.25) is 0 Å². The number of aldehydes is 1. The van der Waals surface area contributed by atoms with Gasteiger partial charge in [-0.15, -0.1) is 0 Å². The number of carbonyl (C=O) groups excluding carboxylic acids is 1. The van der Waals surface area contributed by atoms with E-state index in [1.54, 1.807) is 0 Å². The van der Waals surface area contributed by atoms with Crippen LogP contribution in [-0.4, -0.2) is 51.0 Å². The molecular formula is C5H8O6. The molecule has 6 nitrogen and oxygen atoms in total. The van der Waals surface area contributed by atoms with E-state index in [4.69, 9.17) is 20.4 Å². The first kappa shape index (κ1) is 10.0. The number of carbonyl (C=O) groups is 2. The van der Waals surface area contributed by atoms with Gasteiger partial charge in [0.2, 0.25) is 0 Å². The molecule has 0 aromatic heterocycles. The van der Waals surface area contributed by atoms with E-state index in [9.17, 15) is 9.59 Å². The summed E-state index contributed by atoms with van der Waals surface area (Å²) in [5, 5.41) is 33.7. The van der Waals surface area contributed by atoms with Gasteiger partial charge in [-0.25, -0.2) is 4.79 Å². The van der Waals surface area contributed by atoms with Crippen molar-refractivity contribution in [3.05, 3.63) is 0 Å². The zero-order valence-corrected chi connectivity index (χ0v) is 5.41. The Kier molecular flexibility index (Phi) is 3.66. The van der Waals surface area contributed by atoms with Crippen LogP contribution in [0.2, 0.25) is 0 Å². The third kappa shape index (κ3) is 2.62. The van der Waals surface area contributed by atoms with Gasteiger partial charge in [0.15, 0.2) is 12.4 Å². The van der Waals surface area contributed by atoms with Crippen LogP contribution >= 0.6 is 0 Å². The number of hydrogen-bond acceptors (Lipinski definition) is 5. The van der Waals surface area contributed by atoms with E-state index >= 15 is 0 Å². The van der Waals surface area contributed by atoms with Crippen molar-refractivity contribution in [1.82, 2.24) is 0 Å². The maximum Gasteiger partial charge on any atom is 0.335 e. The van der Waals surface area contributed by atoms with Crippen LogP contribution in [0, 0.1) is 0 Å². The molecule has 0 aromatic carbocycles. The Labute approximate surface area is 61.7 Å². The molecule has 0 radical (unpaired) electrons. The van der Waals surface area contributed by atoms with Gasteiger partial charge in [0.05, 0.1) is 0 Å². The first-order valence-corrected chi connectivity index (χ1v) is 2.73. The van der Waals surface area contributed by atoms with Crippen molar-refractivity contribution >= 4 is 12.3 Å². The van der Waals surface area contributed by atoms with Gasteiger partial charge in [0.25, 0.3) is 0 Å². The fraction of sp³-hybridized carbons (Fsp3) is 0.600. The second kappa shape index (κ2) is 4.02. The fourth-order valence-electron chi connectivity index (χ4n) is 0.413. The second-order valence-electron chi connectivity index (χ2n) is 1.90. The topological polar surface area (TPSA) is 115 Å². The lowest BCUT2D eigenvalue weighted by Gasteiger charge is -2.14. The molecule has 6 heteroatoms. The van der Waals surface area contributed by atoms with Crippen LogP contribution in [0.4, 0.5) is 0 Å². The van der Waals surface area contributed by atoms with Gasteiger partial charge in [0.1, 0.15) is 12.2 Å². The van der Waals surface area contributed by atoms with Crippen molar-refractivity contribution in [2.24, 2.45) is 0 Å². The van der Waals surface area contributed by atoms with Gasteiger partial charge in [0, 0.05) is 0 Å². The lowest BCUT2D eigenvalue weighted by molar-refractivity contribution is -0.158. The molecule has 0 aliphatic rings. The molecule has 0 aliphatic heterocycles. The van der Waals surface area contributed by atoms with Crippen LogP contribution in [0.3, 0.4) is 0 Å². The predicted octanol–water partition coefficient (Wildman–Crippen LogP) is -2.65. The van der Waals surface area contributed by atoms with Crippen molar-refractivity contribution in [3.63, 3.8) is 0 Å². The van der Waals surface area contributed by atoms with Gasteiger partial charge < -0.3 is 25.2 Å². The highest BCUT2D eigenvalue weighted by molar-refractivity contribution is 5.74. The summed E-state index contributed by atoms with van der Waals surface area (Å²) in [4.78, 5) is 19.7. The van der Waals surface area contributed by atoms with E-state index < -0.39 is 24.3 Å². The highest BCUT2D eigenvalue weighted by Crippen LogP contribution is 1.97. The maximum atomic E-state index is 9.92. The Hall–Kier alpha value is -0.980. The van der Waals surface area contributed by atoms with E-state index in [0.29, 0.717) is 0 Å².